The van der Waals surface area contributed by atoms with Crippen LogP contribution in [0.15, 0.2) is 18.3 Å². The van der Waals surface area contributed by atoms with Crippen molar-refractivity contribution in [1.29, 1.82) is 0 Å². The van der Waals surface area contributed by atoms with E-state index < -0.39 is 0 Å². The first kappa shape index (κ1) is 16.4. The number of rotatable bonds is 8. The van der Waals surface area contributed by atoms with E-state index >= 15 is 0 Å². The first-order chi connectivity index (χ1) is 9.48. The van der Waals surface area contributed by atoms with Gasteiger partial charge in [0.05, 0.1) is 5.56 Å². The molecule has 0 bridgehead atoms. The minimum Gasteiger partial charge on any atom is -0.396 e. The summed E-state index contributed by atoms with van der Waals surface area (Å²) < 4.78 is 0. The summed E-state index contributed by atoms with van der Waals surface area (Å²) in [5.41, 5.74) is 2.94. The quantitative estimate of drug-likeness (QED) is 0.326. The first-order valence-corrected chi connectivity index (χ1v) is 6.80. The third kappa shape index (κ3) is 5.54. The number of carbonyl (C=O) groups excluding carboxylic acids is 1. The Morgan fingerprint density at radius 3 is 2.70 bits per heavy atom. The zero-order valence-electron chi connectivity index (χ0n) is 12.1. The van der Waals surface area contributed by atoms with Crippen molar-refractivity contribution >= 4 is 11.7 Å². The molecule has 1 heterocycles. The Kier molecular flexibility index (Phi) is 6.41. The van der Waals surface area contributed by atoms with Crippen molar-refractivity contribution in [3.63, 3.8) is 0 Å². The second kappa shape index (κ2) is 7.81. The molecule has 0 aliphatic heterocycles. The number of hydrazine groups is 1. The van der Waals surface area contributed by atoms with Crippen molar-refractivity contribution in [2.24, 2.45) is 11.3 Å². The molecule has 1 aromatic rings. The number of pyridine rings is 1. The van der Waals surface area contributed by atoms with E-state index in [4.69, 9.17) is 10.9 Å². The van der Waals surface area contributed by atoms with Gasteiger partial charge in [-0.3, -0.25) is 4.79 Å². The average Bonchev–Trinajstić information content (AvgIpc) is 2.45. The number of aliphatic hydroxyl groups is 1. The Bertz CT molecular complexity index is 418. The molecule has 1 rings (SSSR count). The minimum atomic E-state index is -0.142. The van der Waals surface area contributed by atoms with Crippen LogP contribution < -0.4 is 16.6 Å². The molecule has 6 nitrogen and oxygen atoms in total. The van der Waals surface area contributed by atoms with Crippen molar-refractivity contribution in [2.75, 3.05) is 18.6 Å². The number of anilines is 1. The fourth-order valence-electron chi connectivity index (χ4n) is 1.84. The normalized spacial score (nSPS) is 11.2. The lowest BCUT2D eigenvalue weighted by Crippen LogP contribution is -2.34. The number of hydrogen-bond acceptors (Lipinski definition) is 5. The van der Waals surface area contributed by atoms with Gasteiger partial charge in [-0.2, -0.15) is 0 Å². The standard InChI is InChI=1S/C14H24N4O2/c1-14(2,7-3-4-8-19)10-17-13(20)11-5-6-12(18-15)16-9-11/h5-6,9,19H,3-4,7-8,10,15H2,1-2H3,(H,16,18)(H,17,20). The van der Waals surface area contributed by atoms with Gasteiger partial charge in [0.2, 0.25) is 0 Å². The van der Waals surface area contributed by atoms with Gasteiger partial charge >= 0.3 is 0 Å². The van der Waals surface area contributed by atoms with Crippen molar-refractivity contribution in [3.05, 3.63) is 23.9 Å². The van der Waals surface area contributed by atoms with E-state index in [1.807, 2.05) is 0 Å². The first-order valence-electron chi connectivity index (χ1n) is 6.80. The molecule has 1 amide bonds. The second-order valence-electron chi connectivity index (χ2n) is 5.60. The largest absolute Gasteiger partial charge is 0.396 e. The number of hydrogen-bond donors (Lipinski definition) is 4. The van der Waals surface area contributed by atoms with E-state index in [0.717, 1.165) is 19.3 Å². The highest BCUT2D eigenvalue weighted by Crippen LogP contribution is 2.22. The van der Waals surface area contributed by atoms with Crippen LogP contribution in [0.25, 0.3) is 0 Å². The SMILES string of the molecule is CC(C)(CCCCO)CNC(=O)c1ccc(NN)nc1. The molecule has 0 saturated heterocycles. The average molecular weight is 280 g/mol. The number of unbranched alkanes of at least 4 members (excludes halogenated alkanes) is 1. The molecule has 0 unspecified atom stereocenters. The van der Waals surface area contributed by atoms with E-state index in [1.54, 1.807) is 12.1 Å². The fourth-order valence-corrected chi connectivity index (χ4v) is 1.84. The van der Waals surface area contributed by atoms with Gasteiger partial charge in [-0.15, -0.1) is 0 Å². The highest BCUT2D eigenvalue weighted by molar-refractivity contribution is 5.94. The number of aliphatic hydroxyl groups excluding tert-OH is 1. The zero-order chi connectivity index (χ0) is 15.0. The maximum absolute atomic E-state index is 12.0. The second-order valence-corrected chi connectivity index (χ2v) is 5.60. The minimum absolute atomic E-state index is 0.0109. The smallest absolute Gasteiger partial charge is 0.252 e. The molecule has 20 heavy (non-hydrogen) atoms. The Balaban J connectivity index is 2.45. The third-order valence-corrected chi connectivity index (χ3v) is 3.16. The van der Waals surface area contributed by atoms with Crippen LogP contribution in [0.2, 0.25) is 0 Å². The molecule has 0 aliphatic rings. The number of nitrogens with two attached hydrogens (primary N) is 1. The number of carbonyl (C=O) groups is 1. The van der Waals surface area contributed by atoms with Gasteiger partial charge in [0.1, 0.15) is 5.82 Å². The van der Waals surface area contributed by atoms with Gasteiger partial charge < -0.3 is 15.8 Å². The lowest BCUT2D eigenvalue weighted by molar-refractivity contribution is 0.0933. The van der Waals surface area contributed by atoms with Crippen molar-refractivity contribution < 1.29 is 9.90 Å². The molecule has 112 valence electrons. The summed E-state index contributed by atoms with van der Waals surface area (Å²) in [7, 11) is 0. The molecular weight excluding hydrogens is 256 g/mol. The molecule has 0 spiro atoms. The van der Waals surface area contributed by atoms with Crippen LogP contribution in [-0.4, -0.2) is 29.1 Å². The number of nitrogens with one attached hydrogen (secondary N) is 2. The van der Waals surface area contributed by atoms with Crippen LogP contribution >= 0.6 is 0 Å². The summed E-state index contributed by atoms with van der Waals surface area (Å²) in [5.74, 6) is 5.60. The molecular formula is C14H24N4O2. The number of aromatic nitrogens is 1. The van der Waals surface area contributed by atoms with Crippen LogP contribution in [0.3, 0.4) is 0 Å². The summed E-state index contributed by atoms with van der Waals surface area (Å²) >= 11 is 0. The number of nitrogen functional groups attached to an aromatic ring is 1. The highest BCUT2D eigenvalue weighted by atomic mass is 16.2. The topological polar surface area (TPSA) is 100 Å². The maximum atomic E-state index is 12.0. The number of amides is 1. The van der Waals surface area contributed by atoms with E-state index in [2.05, 4.69) is 29.6 Å². The molecule has 0 radical (unpaired) electrons. The highest BCUT2D eigenvalue weighted by Gasteiger charge is 2.18. The molecule has 0 fully saturated rings. The predicted octanol–water partition coefficient (Wildman–Crippen LogP) is 1.29. The number of nitrogens with zero attached hydrogens (tertiary/aromatic N) is 1. The summed E-state index contributed by atoms with van der Waals surface area (Å²) in [6, 6.07) is 3.33. The molecule has 0 saturated carbocycles. The van der Waals surface area contributed by atoms with Crippen LogP contribution in [0, 0.1) is 5.41 Å². The van der Waals surface area contributed by atoms with Crippen LogP contribution in [-0.2, 0) is 0 Å². The third-order valence-electron chi connectivity index (χ3n) is 3.16. The summed E-state index contributed by atoms with van der Waals surface area (Å²) in [6.07, 6.45) is 4.21. The van der Waals surface area contributed by atoms with Gasteiger partial charge in [0.25, 0.3) is 5.91 Å². The summed E-state index contributed by atoms with van der Waals surface area (Å²) in [6.45, 7) is 5.01. The van der Waals surface area contributed by atoms with Crippen molar-refractivity contribution in [2.45, 2.75) is 33.1 Å². The Morgan fingerprint density at radius 2 is 2.15 bits per heavy atom. The van der Waals surface area contributed by atoms with Crippen molar-refractivity contribution in [1.82, 2.24) is 10.3 Å². The molecule has 0 aromatic carbocycles. The summed E-state index contributed by atoms with van der Waals surface area (Å²) in [4.78, 5) is 16.0. The van der Waals surface area contributed by atoms with Gasteiger partial charge in [0, 0.05) is 19.3 Å². The molecule has 1 aromatic heterocycles. The molecule has 0 atom stereocenters. The molecule has 0 aliphatic carbocycles. The van der Waals surface area contributed by atoms with Crippen LogP contribution in [0.4, 0.5) is 5.82 Å². The Labute approximate surface area is 119 Å². The van der Waals surface area contributed by atoms with E-state index in [1.165, 1.54) is 6.20 Å². The van der Waals surface area contributed by atoms with E-state index in [0.29, 0.717) is 17.9 Å². The van der Waals surface area contributed by atoms with Gasteiger partial charge in [-0.25, -0.2) is 10.8 Å². The van der Waals surface area contributed by atoms with Gasteiger partial charge in [-0.05, 0) is 30.4 Å². The lowest BCUT2D eigenvalue weighted by Gasteiger charge is -2.24. The lowest BCUT2D eigenvalue weighted by atomic mass is 9.87. The monoisotopic (exact) mass is 280 g/mol. The zero-order valence-corrected chi connectivity index (χ0v) is 12.1. The van der Waals surface area contributed by atoms with E-state index in [9.17, 15) is 4.79 Å². The van der Waals surface area contributed by atoms with Crippen LogP contribution in [0.5, 0.6) is 0 Å². The predicted molar refractivity (Wildman–Crippen MR) is 79.1 cm³/mol. The van der Waals surface area contributed by atoms with E-state index in [-0.39, 0.29) is 17.9 Å². The Morgan fingerprint density at radius 1 is 1.40 bits per heavy atom. The van der Waals surface area contributed by atoms with Crippen molar-refractivity contribution in [3.8, 4) is 0 Å². The van der Waals surface area contributed by atoms with Gasteiger partial charge in [-0.1, -0.05) is 20.3 Å². The van der Waals surface area contributed by atoms with Gasteiger partial charge in [0.15, 0.2) is 0 Å². The fraction of sp³-hybridized carbons (Fsp3) is 0.571. The maximum Gasteiger partial charge on any atom is 0.252 e. The molecule has 6 heteroatoms. The summed E-state index contributed by atoms with van der Waals surface area (Å²) in [5, 5.41) is 11.7. The Hall–Kier alpha value is -1.66. The molecule has 5 N–H and O–H groups in total. The van der Waals surface area contributed by atoms with Crippen LogP contribution in [0.1, 0.15) is 43.5 Å².